The van der Waals surface area contributed by atoms with Crippen LogP contribution in [0.3, 0.4) is 0 Å². The molecule has 0 atom stereocenters. The third-order valence-corrected chi connectivity index (χ3v) is 3.92. The number of hydrogen-bond acceptors (Lipinski definition) is 4. The van der Waals surface area contributed by atoms with Crippen LogP contribution < -0.4 is 5.32 Å². The van der Waals surface area contributed by atoms with Crippen molar-refractivity contribution in [3.05, 3.63) is 90.8 Å². The van der Waals surface area contributed by atoms with Crippen LogP contribution in [0.2, 0.25) is 0 Å². The molecule has 7 heteroatoms. The summed E-state index contributed by atoms with van der Waals surface area (Å²) in [5.41, 5.74) is 3.35. The molecule has 0 saturated heterocycles. The van der Waals surface area contributed by atoms with Crippen molar-refractivity contribution in [3.63, 3.8) is 0 Å². The van der Waals surface area contributed by atoms with Crippen molar-refractivity contribution in [2.45, 2.75) is 6.54 Å². The molecule has 0 unspecified atom stereocenters. The Hall–Kier alpha value is -3.74. The van der Waals surface area contributed by atoms with Gasteiger partial charge in [0.05, 0.1) is 17.6 Å². The molecular formula is C19H16N6O. The summed E-state index contributed by atoms with van der Waals surface area (Å²) in [6, 6.07) is 17.0. The van der Waals surface area contributed by atoms with Crippen LogP contribution in [0.1, 0.15) is 15.9 Å². The van der Waals surface area contributed by atoms with E-state index in [9.17, 15) is 4.79 Å². The molecule has 1 N–H and O–H groups in total. The van der Waals surface area contributed by atoms with Crippen LogP contribution in [0.5, 0.6) is 0 Å². The van der Waals surface area contributed by atoms with Crippen LogP contribution in [-0.2, 0) is 6.54 Å². The minimum atomic E-state index is -0.136. The summed E-state index contributed by atoms with van der Waals surface area (Å²) in [6.07, 6.45) is 6.74. The fourth-order valence-electron chi connectivity index (χ4n) is 2.56. The maximum atomic E-state index is 12.3. The molecule has 0 aliphatic rings. The van der Waals surface area contributed by atoms with Crippen LogP contribution in [0.15, 0.2) is 79.6 Å². The topological polar surface area (TPSA) is 77.6 Å². The van der Waals surface area contributed by atoms with E-state index in [2.05, 4.69) is 20.5 Å². The lowest BCUT2D eigenvalue weighted by Crippen LogP contribution is -2.22. The van der Waals surface area contributed by atoms with E-state index in [4.69, 9.17) is 0 Å². The highest BCUT2D eigenvalue weighted by Crippen LogP contribution is 2.10. The molecule has 0 saturated carbocycles. The highest BCUT2D eigenvalue weighted by molar-refractivity contribution is 5.94. The van der Waals surface area contributed by atoms with E-state index in [-0.39, 0.29) is 5.91 Å². The van der Waals surface area contributed by atoms with Crippen LogP contribution >= 0.6 is 0 Å². The summed E-state index contributed by atoms with van der Waals surface area (Å²) < 4.78 is 3.42. The lowest BCUT2D eigenvalue weighted by molar-refractivity contribution is 0.0951. The number of benzene rings is 2. The normalized spacial score (nSPS) is 10.6. The van der Waals surface area contributed by atoms with Crippen molar-refractivity contribution in [2.24, 2.45) is 0 Å². The van der Waals surface area contributed by atoms with Gasteiger partial charge in [-0.15, -0.1) is 0 Å². The fraction of sp³-hybridized carbons (Fsp3) is 0.0526. The molecule has 0 radical (unpaired) electrons. The number of hydrogen-bond donors (Lipinski definition) is 1. The Kier molecular flexibility index (Phi) is 4.26. The van der Waals surface area contributed by atoms with E-state index in [1.807, 2.05) is 48.7 Å². The number of para-hydroxylation sites is 1. The summed E-state index contributed by atoms with van der Waals surface area (Å²) in [6.45, 7) is 0.413. The quantitative estimate of drug-likeness (QED) is 0.603. The van der Waals surface area contributed by atoms with Crippen molar-refractivity contribution >= 4 is 5.91 Å². The number of nitrogens with one attached hydrogen (secondary N) is 1. The first-order valence-electron chi connectivity index (χ1n) is 8.12. The number of nitrogens with zero attached hydrogens (tertiary/aromatic N) is 5. The van der Waals surface area contributed by atoms with Gasteiger partial charge in [0.2, 0.25) is 0 Å². The fourth-order valence-corrected chi connectivity index (χ4v) is 2.56. The SMILES string of the molecule is O=C(NCc1cnn(-c2ccccc2)c1)c1ccc(-n2cncn2)cc1. The Morgan fingerprint density at radius 3 is 2.42 bits per heavy atom. The zero-order valence-corrected chi connectivity index (χ0v) is 13.9. The molecular weight excluding hydrogens is 328 g/mol. The van der Waals surface area contributed by atoms with Crippen LogP contribution in [0.4, 0.5) is 0 Å². The highest BCUT2D eigenvalue weighted by atomic mass is 16.1. The second-order valence-electron chi connectivity index (χ2n) is 5.70. The third kappa shape index (κ3) is 3.36. The standard InChI is InChI=1S/C19H16N6O/c26-19(16-6-8-18(9-7-16)25-14-20-13-23-25)21-10-15-11-22-24(12-15)17-4-2-1-3-5-17/h1-9,11-14H,10H2,(H,21,26). The minimum Gasteiger partial charge on any atom is -0.348 e. The first-order valence-corrected chi connectivity index (χ1v) is 8.12. The smallest absolute Gasteiger partial charge is 0.251 e. The van der Waals surface area contributed by atoms with Crippen molar-refractivity contribution < 1.29 is 4.79 Å². The lowest BCUT2D eigenvalue weighted by atomic mass is 10.2. The predicted octanol–water partition coefficient (Wildman–Crippen LogP) is 2.38. The first-order chi connectivity index (χ1) is 12.8. The van der Waals surface area contributed by atoms with Gasteiger partial charge in [-0.25, -0.2) is 14.3 Å². The van der Waals surface area contributed by atoms with Gasteiger partial charge in [-0.3, -0.25) is 4.79 Å². The van der Waals surface area contributed by atoms with Crippen LogP contribution in [-0.4, -0.2) is 30.5 Å². The molecule has 0 spiro atoms. The van der Waals surface area contributed by atoms with Gasteiger partial charge in [-0.1, -0.05) is 18.2 Å². The Balaban J connectivity index is 1.39. The van der Waals surface area contributed by atoms with E-state index in [0.29, 0.717) is 12.1 Å². The number of aromatic nitrogens is 5. The van der Waals surface area contributed by atoms with Gasteiger partial charge in [0.25, 0.3) is 5.91 Å². The summed E-state index contributed by atoms with van der Waals surface area (Å²) in [4.78, 5) is 16.2. The molecule has 2 heterocycles. The second kappa shape index (κ2) is 7.02. The second-order valence-corrected chi connectivity index (χ2v) is 5.70. The largest absolute Gasteiger partial charge is 0.348 e. The molecule has 2 aromatic carbocycles. The average Bonchev–Trinajstić information content (AvgIpc) is 3.39. The molecule has 0 aliphatic heterocycles. The minimum absolute atomic E-state index is 0.136. The molecule has 128 valence electrons. The van der Waals surface area contributed by atoms with Gasteiger partial charge in [0, 0.05) is 23.9 Å². The molecule has 26 heavy (non-hydrogen) atoms. The van der Waals surface area contributed by atoms with Crippen LogP contribution in [0, 0.1) is 0 Å². The zero-order chi connectivity index (χ0) is 17.8. The molecule has 1 amide bonds. The molecule has 4 rings (SSSR count). The van der Waals surface area contributed by atoms with E-state index in [1.54, 1.807) is 34.0 Å². The van der Waals surface area contributed by atoms with Gasteiger partial charge < -0.3 is 5.32 Å². The van der Waals surface area contributed by atoms with Crippen molar-refractivity contribution in [3.8, 4) is 11.4 Å². The van der Waals surface area contributed by atoms with E-state index < -0.39 is 0 Å². The highest BCUT2D eigenvalue weighted by Gasteiger charge is 2.07. The Morgan fingerprint density at radius 1 is 0.923 bits per heavy atom. The van der Waals surface area contributed by atoms with Gasteiger partial charge in [0.15, 0.2) is 0 Å². The summed E-state index contributed by atoms with van der Waals surface area (Å²) in [5, 5.41) is 11.3. The maximum absolute atomic E-state index is 12.3. The average molecular weight is 344 g/mol. The predicted molar refractivity (Wildman–Crippen MR) is 96.1 cm³/mol. The van der Waals surface area contributed by atoms with Crippen molar-refractivity contribution in [1.29, 1.82) is 0 Å². The Bertz CT molecular complexity index is 990. The monoisotopic (exact) mass is 344 g/mol. The number of rotatable bonds is 5. The molecule has 0 bridgehead atoms. The summed E-state index contributed by atoms with van der Waals surface area (Å²) in [5.74, 6) is -0.136. The van der Waals surface area contributed by atoms with Crippen molar-refractivity contribution in [2.75, 3.05) is 0 Å². The van der Waals surface area contributed by atoms with E-state index in [1.165, 1.54) is 6.33 Å². The lowest BCUT2D eigenvalue weighted by Gasteiger charge is -2.05. The van der Waals surface area contributed by atoms with E-state index >= 15 is 0 Å². The van der Waals surface area contributed by atoms with Gasteiger partial charge in [-0.05, 0) is 36.4 Å². The molecule has 2 aromatic heterocycles. The molecule has 0 aliphatic carbocycles. The number of carbonyl (C=O) groups is 1. The van der Waals surface area contributed by atoms with Crippen LogP contribution in [0.25, 0.3) is 11.4 Å². The van der Waals surface area contributed by atoms with Gasteiger partial charge >= 0.3 is 0 Å². The Morgan fingerprint density at radius 2 is 1.69 bits per heavy atom. The van der Waals surface area contributed by atoms with Gasteiger partial charge in [0.1, 0.15) is 12.7 Å². The van der Waals surface area contributed by atoms with Gasteiger partial charge in [-0.2, -0.15) is 10.2 Å². The molecule has 4 aromatic rings. The Labute approximate surface area is 149 Å². The maximum Gasteiger partial charge on any atom is 0.251 e. The zero-order valence-electron chi connectivity index (χ0n) is 13.9. The van der Waals surface area contributed by atoms with Crippen molar-refractivity contribution in [1.82, 2.24) is 29.9 Å². The van der Waals surface area contributed by atoms with E-state index in [0.717, 1.165) is 16.9 Å². The third-order valence-electron chi connectivity index (χ3n) is 3.92. The molecule has 0 fully saturated rings. The number of carbonyl (C=O) groups excluding carboxylic acids is 1. The molecule has 7 nitrogen and oxygen atoms in total. The number of amides is 1. The first kappa shape index (κ1) is 15.8. The summed E-state index contributed by atoms with van der Waals surface area (Å²) in [7, 11) is 0. The summed E-state index contributed by atoms with van der Waals surface area (Å²) >= 11 is 0.